The predicted molar refractivity (Wildman–Crippen MR) is 177 cm³/mol. The third-order valence-corrected chi connectivity index (χ3v) is 9.24. The summed E-state index contributed by atoms with van der Waals surface area (Å²) < 4.78 is 1.85. The highest BCUT2D eigenvalue weighted by molar-refractivity contribution is 6.39. The molecule has 2 aliphatic heterocycles. The number of carbonyl (C=O) groups excluding carboxylic acids is 1. The van der Waals surface area contributed by atoms with Crippen molar-refractivity contribution in [3.63, 3.8) is 0 Å². The maximum atomic E-state index is 13.3. The Hall–Kier alpha value is -4.06. The molecule has 230 valence electrons. The molecule has 0 bridgehead atoms. The Balaban J connectivity index is 1.13. The predicted octanol–water partition coefficient (Wildman–Crippen LogP) is 5.55. The number of fused-ring (bicyclic) bond motifs is 2. The number of aliphatic hydroxyl groups is 1. The van der Waals surface area contributed by atoms with Gasteiger partial charge < -0.3 is 25.6 Å². The van der Waals surface area contributed by atoms with Gasteiger partial charge in [0.25, 0.3) is 5.91 Å². The van der Waals surface area contributed by atoms with E-state index in [1.807, 2.05) is 54.2 Å². The van der Waals surface area contributed by atoms with E-state index in [2.05, 4.69) is 36.9 Å². The first-order chi connectivity index (χ1) is 21.9. The lowest BCUT2D eigenvalue weighted by atomic mass is 10.0. The number of nitrogens with zero attached hydrogens (tertiary/aromatic N) is 5. The van der Waals surface area contributed by atoms with Crippen LogP contribution in [0.25, 0.3) is 22.0 Å². The molecule has 1 atom stereocenters. The van der Waals surface area contributed by atoms with Crippen molar-refractivity contribution in [1.29, 1.82) is 0 Å². The molecule has 12 heteroatoms. The summed E-state index contributed by atoms with van der Waals surface area (Å²) >= 11 is 13.9. The Morgan fingerprint density at radius 3 is 2.62 bits per heavy atom. The van der Waals surface area contributed by atoms with E-state index in [9.17, 15) is 9.90 Å². The van der Waals surface area contributed by atoms with Crippen LogP contribution >= 0.6 is 23.2 Å². The number of pyridine rings is 2. The number of likely N-dealkylation sites (tertiary alicyclic amines) is 1. The Morgan fingerprint density at radius 2 is 1.87 bits per heavy atom. The lowest BCUT2D eigenvalue weighted by Crippen LogP contribution is -2.24. The number of β-amino-alcohol motifs (C(OH)–C–C–N with tert-alkyl or cyclic N) is 1. The molecule has 10 nitrogen and oxygen atoms in total. The number of benzene rings is 2. The number of hydrogen-bond acceptors (Lipinski definition) is 8. The van der Waals surface area contributed by atoms with Crippen LogP contribution in [-0.4, -0.2) is 61.2 Å². The molecule has 2 aromatic carbocycles. The highest BCUT2D eigenvalue weighted by Gasteiger charge is 2.24. The molecule has 1 fully saturated rings. The van der Waals surface area contributed by atoms with Gasteiger partial charge in [-0.25, -0.2) is 9.97 Å². The Labute approximate surface area is 270 Å². The van der Waals surface area contributed by atoms with Crippen molar-refractivity contribution >= 4 is 57.2 Å². The zero-order chi connectivity index (χ0) is 31.1. The fourth-order valence-electron chi connectivity index (χ4n) is 6.14. The Morgan fingerprint density at radius 1 is 1.09 bits per heavy atom. The maximum Gasteiger partial charge on any atom is 0.291 e. The SMILES string of the molecule is Cn1c(C(=O)Nc2cccc(-c3cccc(Nc4nccc5cc(CN6CCC(O)C6)cnc45)c3Cl)c2Cl)nc2c1CCNC2. The fourth-order valence-corrected chi connectivity index (χ4v) is 6.69. The number of aliphatic hydroxyl groups excluding tert-OH is 1. The van der Waals surface area contributed by atoms with Crippen molar-refractivity contribution in [1.82, 2.24) is 29.7 Å². The molecule has 0 radical (unpaired) electrons. The van der Waals surface area contributed by atoms with E-state index in [-0.39, 0.29) is 12.0 Å². The first-order valence-electron chi connectivity index (χ1n) is 14.9. The molecular formula is C33H32Cl2N8O2. The molecule has 1 unspecified atom stereocenters. The van der Waals surface area contributed by atoms with Gasteiger partial charge in [-0.3, -0.25) is 14.7 Å². The topological polar surface area (TPSA) is 120 Å². The summed E-state index contributed by atoms with van der Waals surface area (Å²) in [6, 6.07) is 15.1. The molecule has 2 aliphatic rings. The normalized spacial score (nSPS) is 16.6. The van der Waals surface area contributed by atoms with Crippen LogP contribution in [0.2, 0.25) is 10.0 Å². The molecule has 4 N–H and O–H groups in total. The number of anilines is 3. The molecule has 1 saturated heterocycles. The third-order valence-electron chi connectivity index (χ3n) is 8.43. The van der Waals surface area contributed by atoms with Crippen molar-refractivity contribution in [2.24, 2.45) is 7.05 Å². The molecule has 7 rings (SSSR count). The monoisotopic (exact) mass is 642 g/mol. The number of halogens is 2. The number of imidazole rings is 1. The molecule has 45 heavy (non-hydrogen) atoms. The molecule has 3 aromatic heterocycles. The minimum absolute atomic E-state index is 0.260. The van der Waals surface area contributed by atoms with E-state index >= 15 is 0 Å². The highest BCUT2D eigenvalue weighted by Crippen LogP contribution is 2.41. The Kier molecular flexibility index (Phi) is 8.15. The minimum Gasteiger partial charge on any atom is -0.392 e. The van der Waals surface area contributed by atoms with Crippen LogP contribution in [0.5, 0.6) is 0 Å². The van der Waals surface area contributed by atoms with Crippen molar-refractivity contribution in [3.05, 3.63) is 93.7 Å². The average Bonchev–Trinajstić information content (AvgIpc) is 3.61. The molecule has 0 spiro atoms. The van der Waals surface area contributed by atoms with Gasteiger partial charge in [0.2, 0.25) is 0 Å². The quantitative estimate of drug-likeness (QED) is 0.183. The van der Waals surface area contributed by atoms with E-state index in [4.69, 9.17) is 28.2 Å². The molecule has 5 heterocycles. The summed E-state index contributed by atoms with van der Waals surface area (Å²) in [7, 11) is 1.86. The van der Waals surface area contributed by atoms with Crippen molar-refractivity contribution in [2.75, 3.05) is 30.3 Å². The first-order valence-corrected chi connectivity index (χ1v) is 15.7. The molecule has 1 amide bonds. The minimum atomic E-state index is -0.330. The average molecular weight is 644 g/mol. The lowest BCUT2D eigenvalue weighted by molar-refractivity contribution is 0.101. The zero-order valence-corrected chi connectivity index (χ0v) is 26.2. The number of carbonyl (C=O) groups is 1. The van der Waals surface area contributed by atoms with E-state index in [0.29, 0.717) is 57.3 Å². The Bertz CT molecular complexity index is 1930. The van der Waals surface area contributed by atoms with Crippen molar-refractivity contribution < 1.29 is 9.90 Å². The zero-order valence-electron chi connectivity index (χ0n) is 24.6. The number of nitrogens with one attached hydrogen (secondary N) is 3. The third kappa shape index (κ3) is 5.87. The van der Waals surface area contributed by atoms with Gasteiger partial charge in [-0.2, -0.15) is 0 Å². The van der Waals surface area contributed by atoms with Crippen LogP contribution < -0.4 is 16.0 Å². The summed E-state index contributed by atoms with van der Waals surface area (Å²) in [6.45, 7) is 3.79. The van der Waals surface area contributed by atoms with Crippen LogP contribution in [0, 0.1) is 0 Å². The van der Waals surface area contributed by atoms with E-state index in [0.717, 1.165) is 60.3 Å². The summed E-state index contributed by atoms with van der Waals surface area (Å²) in [6.07, 6.45) is 4.96. The largest absolute Gasteiger partial charge is 0.392 e. The van der Waals surface area contributed by atoms with Gasteiger partial charge >= 0.3 is 0 Å². The fraction of sp³-hybridized carbons (Fsp3) is 0.273. The van der Waals surface area contributed by atoms with Gasteiger partial charge in [0.05, 0.1) is 33.2 Å². The smallest absolute Gasteiger partial charge is 0.291 e. The van der Waals surface area contributed by atoms with Gasteiger partial charge in [0.15, 0.2) is 11.6 Å². The number of amides is 1. The van der Waals surface area contributed by atoms with Crippen LogP contribution in [0.3, 0.4) is 0 Å². The second kappa shape index (κ2) is 12.4. The lowest BCUT2D eigenvalue weighted by Gasteiger charge is -2.16. The molecule has 0 aliphatic carbocycles. The standard InChI is InChI=1S/C33H32Cl2N8O2/c1-42-27-9-11-36-16-26(27)40-32(42)33(45)41-25-7-3-5-23(29(25)35)22-4-2-6-24(28(22)34)39-31-30-20(8-12-37-31)14-19(15-38-30)17-43-13-10-21(44)18-43/h2-8,12,14-15,21,36,44H,9-11,13,16-18H2,1H3,(H,37,39)(H,41,45). The number of rotatable bonds is 7. The summed E-state index contributed by atoms with van der Waals surface area (Å²) in [5.74, 6) is 0.588. The van der Waals surface area contributed by atoms with Crippen LogP contribution in [-0.2, 0) is 26.6 Å². The van der Waals surface area contributed by atoms with Gasteiger partial charge in [-0.1, -0.05) is 47.5 Å². The summed E-state index contributed by atoms with van der Waals surface area (Å²) in [4.78, 5) is 29.3. The van der Waals surface area contributed by atoms with Gasteiger partial charge in [-0.05, 0) is 36.2 Å². The van der Waals surface area contributed by atoms with E-state index in [1.165, 1.54) is 0 Å². The van der Waals surface area contributed by atoms with E-state index in [1.54, 1.807) is 12.3 Å². The van der Waals surface area contributed by atoms with Gasteiger partial charge in [0, 0.05) is 80.8 Å². The van der Waals surface area contributed by atoms with Gasteiger partial charge in [0.1, 0.15) is 5.52 Å². The molecule has 5 aromatic rings. The van der Waals surface area contributed by atoms with Gasteiger partial charge in [-0.15, -0.1) is 0 Å². The van der Waals surface area contributed by atoms with Crippen molar-refractivity contribution in [3.8, 4) is 11.1 Å². The van der Waals surface area contributed by atoms with E-state index < -0.39 is 0 Å². The number of hydrogen-bond donors (Lipinski definition) is 4. The van der Waals surface area contributed by atoms with Crippen LogP contribution in [0.1, 0.15) is 34.0 Å². The second-order valence-electron chi connectivity index (χ2n) is 11.5. The van der Waals surface area contributed by atoms with Crippen LogP contribution in [0.4, 0.5) is 17.2 Å². The highest BCUT2D eigenvalue weighted by atomic mass is 35.5. The summed E-state index contributed by atoms with van der Waals surface area (Å²) in [5, 5.41) is 21.2. The van der Waals surface area contributed by atoms with Crippen LogP contribution in [0.15, 0.2) is 60.9 Å². The molecular weight excluding hydrogens is 611 g/mol. The first kappa shape index (κ1) is 29.6. The van der Waals surface area contributed by atoms with Crippen molar-refractivity contribution in [2.45, 2.75) is 32.0 Å². The number of aromatic nitrogens is 4. The second-order valence-corrected chi connectivity index (χ2v) is 12.2. The maximum absolute atomic E-state index is 13.3. The summed E-state index contributed by atoms with van der Waals surface area (Å²) in [5.41, 5.74) is 6.24. The molecule has 0 saturated carbocycles.